The van der Waals surface area contributed by atoms with Crippen LogP contribution in [-0.2, 0) is 9.53 Å². The third-order valence-corrected chi connectivity index (χ3v) is 3.65. The molecule has 3 N–H and O–H groups in total. The first-order valence-electron chi connectivity index (χ1n) is 8.26. The van der Waals surface area contributed by atoms with Gasteiger partial charge in [-0.2, -0.15) is 0 Å². The van der Waals surface area contributed by atoms with E-state index in [1.54, 1.807) is 0 Å². The van der Waals surface area contributed by atoms with Crippen molar-refractivity contribution in [2.45, 2.75) is 58.5 Å². The maximum absolute atomic E-state index is 11.7. The van der Waals surface area contributed by atoms with Crippen LogP contribution in [0.15, 0.2) is 0 Å². The second kappa shape index (κ2) is 8.98. The summed E-state index contributed by atoms with van der Waals surface area (Å²) in [5.74, 6) is 0.576. The minimum absolute atomic E-state index is 0.238. The van der Waals surface area contributed by atoms with Crippen LogP contribution in [0, 0.1) is 5.92 Å². The lowest BCUT2D eigenvalue weighted by molar-refractivity contribution is -0.127. The summed E-state index contributed by atoms with van der Waals surface area (Å²) < 4.78 is 5.16. The largest absolute Gasteiger partial charge is 0.444 e. The summed E-state index contributed by atoms with van der Waals surface area (Å²) in [7, 11) is 0. The van der Waals surface area contributed by atoms with Gasteiger partial charge in [-0.25, -0.2) is 4.79 Å². The Balaban J connectivity index is 1.98. The van der Waals surface area contributed by atoms with Crippen LogP contribution >= 0.6 is 0 Å². The van der Waals surface area contributed by atoms with Crippen LogP contribution in [0.5, 0.6) is 0 Å². The van der Waals surface area contributed by atoms with Gasteiger partial charge in [-0.3, -0.25) is 4.79 Å². The summed E-state index contributed by atoms with van der Waals surface area (Å²) >= 11 is 0. The fourth-order valence-electron chi connectivity index (χ4n) is 2.51. The van der Waals surface area contributed by atoms with E-state index in [0.717, 1.165) is 38.8 Å². The van der Waals surface area contributed by atoms with Gasteiger partial charge in [0.1, 0.15) is 5.60 Å². The maximum Gasteiger partial charge on any atom is 0.407 e. The zero-order valence-corrected chi connectivity index (χ0v) is 14.2. The van der Waals surface area contributed by atoms with E-state index < -0.39 is 5.60 Å². The number of alkyl carbamates (subject to hydrolysis) is 1. The number of amides is 2. The summed E-state index contributed by atoms with van der Waals surface area (Å²) in [5, 5.41) is 2.75. The molecule has 0 radical (unpaired) electrons. The Hall–Kier alpha value is -1.30. The number of nitrogens with one attached hydrogen (secondary N) is 1. The lowest BCUT2D eigenvalue weighted by atomic mass is 10.1. The quantitative estimate of drug-likeness (QED) is 0.670. The Morgan fingerprint density at radius 1 is 1.32 bits per heavy atom. The van der Waals surface area contributed by atoms with Crippen LogP contribution in [-0.4, -0.2) is 48.7 Å². The standard InChI is InChI=1S/C16H31N3O3/c1-16(2,3)22-15(21)18-8-6-4-5-7-9-19-12-13(11-17)10-14(19)20/h13H,4-12,17H2,1-3H3,(H,18,21). The number of hydrogen-bond donors (Lipinski definition) is 2. The highest BCUT2D eigenvalue weighted by molar-refractivity contribution is 5.78. The smallest absolute Gasteiger partial charge is 0.407 e. The predicted octanol–water partition coefficient (Wildman–Crippen LogP) is 1.88. The second-order valence-electron chi connectivity index (χ2n) is 6.99. The third-order valence-electron chi connectivity index (χ3n) is 3.65. The van der Waals surface area contributed by atoms with Crippen LogP contribution in [0.25, 0.3) is 0 Å². The highest BCUT2D eigenvalue weighted by atomic mass is 16.6. The molecule has 1 unspecified atom stereocenters. The van der Waals surface area contributed by atoms with Gasteiger partial charge in [0.2, 0.25) is 5.91 Å². The molecule has 1 fully saturated rings. The van der Waals surface area contributed by atoms with Crippen molar-refractivity contribution in [1.29, 1.82) is 0 Å². The van der Waals surface area contributed by atoms with E-state index in [4.69, 9.17) is 10.5 Å². The molecule has 1 rings (SSSR count). The van der Waals surface area contributed by atoms with E-state index >= 15 is 0 Å². The van der Waals surface area contributed by atoms with Crippen molar-refractivity contribution in [1.82, 2.24) is 10.2 Å². The molecular formula is C16H31N3O3. The van der Waals surface area contributed by atoms with Gasteiger partial charge in [-0.15, -0.1) is 0 Å². The number of carbonyl (C=O) groups excluding carboxylic acids is 2. The summed E-state index contributed by atoms with van der Waals surface area (Å²) in [6, 6.07) is 0. The molecule has 22 heavy (non-hydrogen) atoms. The Morgan fingerprint density at radius 2 is 2.00 bits per heavy atom. The van der Waals surface area contributed by atoms with Gasteiger partial charge >= 0.3 is 6.09 Å². The van der Waals surface area contributed by atoms with Crippen molar-refractivity contribution < 1.29 is 14.3 Å². The van der Waals surface area contributed by atoms with Crippen molar-refractivity contribution in [2.75, 3.05) is 26.2 Å². The molecule has 6 heteroatoms. The monoisotopic (exact) mass is 313 g/mol. The van der Waals surface area contributed by atoms with Gasteiger partial charge in [0.05, 0.1) is 0 Å². The summed E-state index contributed by atoms with van der Waals surface area (Å²) in [5.41, 5.74) is 5.16. The van der Waals surface area contributed by atoms with Gasteiger partial charge in [0.15, 0.2) is 0 Å². The van der Waals surface area contributed by atoms with Crippen molar-refractivity contribution in [3.05, 3.63) is 0 Å². The third kappa shape index (κ3) is 7.64. The van der Waals surface area contributed by atoms with Crippen molar-refractivity contribution in [3.8, 4) is 0 Å². The Bertz CT molecular complexity index is 366. The van der Waals surface area contributed by atoms with Crippen molar-refractivity contribution >= 4 is 12.0 Å². The normalized spacial score (nSPS) is 18.6. The molecule has 0 aliphatic carbocycles. The minimum Gasteiger partial charge on any atom is -0.444 e. The number of likely N-dealkylation sites (tertiary alicyclic amines) is 1. The van der Waals surface area contributed by atoms with Gasteiger partial charge in [-0.1, -0.05) is 12.8 Å². The van der Waals surface area contributed by atoms with Gasteiger partial charge in [0, 0.05) is 26.1 Å². The first-order chi connectivity index (χ1) is 10.3. The molecule has 128 valence electrons. The summed E-state index contributed by atoms with van der Waals surface area (Å²) in [6.07, 6.45) is 4.29. The number of carbonyl (C=O) groups is 2. The number of unbranched alkanes of at least 4 members (excludes halogenated alkanes) is 3. The molecule has 2 amide bonds. The van der Waals surface area contributed by atoms with Crippen molar-refractivity contribution in [2.24, 2.45) is 11.7 Å². The molecule has 1 heterocycles. The van der Waals surface area contributed by atoms with E-state index in [2.05, 4.69) is 5.32 Å². The summed E-state index contributed by atoms with van der Waals surface area (Å²) in [6.45, 7) is 8.42. The van der Waals surface area contributed by atoms with Crippen LogP contribution < -0.4 is 11.1 Å². The van der Waals surface area contributed by atoms with Crippen LogP contribution in [0.2, 0.25) is 0 Å². The predicted molar refractivity (Wildman–Crippen MR) is 86.4 cm³/mol. The van der Waals surface area contributed by atoms with Crippen LogP contribution in [0.1, 0.15) is 52.9 Å². The molecule has 0 aromatic carbocycles. The maximum atomic E-state index is 11.7. The zero-order chi connectivity index (χ0) is 16.6. The molecular weight excluding hydrogens is 282 g/mol. The van der Waals surface area contributed by atoms with Crippen LogP contribution in [0.3, 0.4) is 0 Å². The lowest BCUT2D eigenvalue weighted by Crippen LogP contribution is -2.33. The van der Waals surface area contributed by atoms with Crippen molar-refractivity contribution in [3.63, 3.8) is 0 Å². The molecule has 0 bridgehead atoms. The summed E-state index contributed by atoms with van der Waals surface area (Å²) in [4.78, 5) is 25.1. The molecule has 0 saturated carbocycles. The number of nitrogens with two attached hydrogens (primary N) is 1. The number of ether oxygens (including phenoxy) is 1. The SMILES string of the molecule is CC(C)(C)OC(=O)NCCCCCCN1CC(CN)CC1=O. The van der Waals surface area contributed by atoms with E-state index in [-0.39, 0.29) is 12.0 Å². The minimum atomic E-state index is -0.451. The fourth-order valence-corrected chi connectivity index (χ4v) is 2.51. The zero-order valence-electron chi connectivity index (χ0n) is 14.2. The highest BCUT2D eigenvalue weighted by Gasteiger charge is 2.27. The molecule has 0 aromatic heterocycles. The van der Waals surface area contributed by atoms with E-state index in [1.165, 1.54) is 0 Å². The Morgan fingerprint density at radius 3 is 2.59 bits per heavy atom. The van der Waals surface area contributed by atoms with Crippen LogP contribution in [0.4, 0.5) is 4.79 Å². The topological polar surface area (TPSA) is 84.7 Å². The van der Waals surface area contributed by atoms with Gasteiger partial charge in [-0.05, 0) is 46.1 Å². The molecule has 0 spiro atoms. The lowest BCUT2D eigenvalue weighted by Gasteiger charge is -2.19. The number of hydrogen-bond acceptors (Lipinski definition) is 4. The molecule has 1 aliphatic rings. The number of nitrogens with zero attached hydrogens (tertiary/aromatic N) is 1. The second-order valence-corrected chi connectivity index (χ2v) is 6.99. The first kappa shape index (κ1) is 18.7. The first-order valence-corrected chi connectivity index (χ1v) is 8.26. The van der Waals surface area contributed by atoms with Gasteiger partial charge in [0.25, 0.3) is 0 Å². The average Bonchev–Trinajstić information content (AvgIpc) is 2.76. The highest BCUT2D eigenvalue weighted by Crippen LogP contribution is 2.17. The molecule has 6 nitrogen and oxygen atoms in total. The fraction of sp³-hybridized carbons (Fsp3) is 0.875. The molecule has 1 aliphatic heterocycles. The molecule has 1 saturated heterocycles. The van der Waals surface area contributed by atoms with E-state index in [9.17, 15) is 9.59 Å². The Labute approximate surface area is 133 Å². The van der Waals surface area contributed by atoms with E-state index in [1.807, 2.05) is 25.7 Å². The van der Waals surface area contributed by atoms with E-state index in [0.29, 0.717) is 25.4 Å². The average molecular weight is 313 g/mol. The molecule has 1 atom stereocenters. The number of rotatable bonds is 8. The Kier molecular flexibility index (Phi) is 7.65. The van der Waals surface area contributed by atoms with Gasteiger partial charge < -0.3 is 20.7 Å². The molecule has 0 aromatic rings.